The van der Waals surface area contributed by atoms with Gasteiger partial charge in [-0.1, -0.05) is 6.07 Å². The van der Waals surface area contributed by atoms with Crippen LogP contribution in [0.1, 0.15) is 40.2 Å². The number of hydrogen-bond donors (Lipinski definition) is 2. The summed E-state index contributed by atoms with van der Waals surface area (Å²) in [5.41, 5.74) is 2.60. The lowest BCUT2D eigenvalue weighted by Gasteiger charge is -2.11. The minimum atomic E-state index is -0.667. The molecule has 0 saturated carbocycles. The Morgan fingerprint density at radius 3 is 2.90 bits per heavy atom. The highest BCUT2D eigenvalue weighted by Crippen LogP contribution is 2.22. The smallest absolute Gasteiger partial charge is 0.272 e. The van der Waals surface area contributed by atoms with Crippen molar-refractivity contribution in [2.24, 2.45) is 0 Å². The van der Waals surface area contributed by atoms with Gasteiger partial charge in [0.2, 0.25) is 0 Å². The lowest BCUT2D eigenvalue weighted by molar-refractivity contribution is 0.0944. The maximum Gasteiger partial charge on any atom is 0.272 e. The van der Waals surface area contributed by atoms with E-state index in [1.165, 1.54) is 12.1 Å². The first kappa shape index (κ1) is 13.7. The fourth-order valence-electron chi connectivity index (χ4n) is 2.59. The van der Waals surface area contributed by atoms with E-state index in [-0.39, 0.29) is 18.0 Å². The predicted molar refractivity (Wildman–Crippen MR) is 72.8 cm³/mol. The number of nitrogens with one attached hydrogen (secondary N) is 2. The number of fused-ring (bicyclic) bond motifs is 1. The van der Waals surface area contributed by atoms with Crippen molar-refractivity contribution < 1.29 is 13.6 Å². The van der Waals surface area contributed by atoms with Crippen molar-refractivity contribution in [1.82, 2.24) is 15.5 Å². The highest BCUT2D eigenvalue weighted by molar-refractivity contribution is 5.94. The lowest BCUT2D eigenvalue weighted by atomic mass is 9.96. The fourth-order valence-corrected chi connectivity index (χ4v) is 2.59. The van der Waals surface area contributed by atoms with Crippen LogP contribution in [0.5, 0.6) is 0 Å². The third kappa shape index (κ3) is 2.79. The highest BCUT2D eigenvalue weighted by Gasteiger charge is 2.21. The molecule has 0 saturated heterocycles. The number of H-pyrrole nitrogens is 1. The molecule has 0 fully saturated rings. The van der Waals surface area contributed by atoms with Crippen LogP contribution < -0.4 is 5.32 Å². The lowest BCUT2D eigenvalue weighted by Crippen LogP contribution is -2.25. The van der Waals surface area contributed by atoms with Gasteiger partial charge in [0.1, 0.15) is 11.6 Å². The number of aromatic amines is 1. The average molecular weight is 291 g/mol. The molecule has 21 heavy (non-hydrogen) atoms. The molecule has 1 aromatic carbocycles. The maximum absolute atomic E-state index is 13.5. The maximum atomic E-state index is 13.5. The molecule has 1 aliphatic carbocycles. The largest absolute Gasteiger partial charge is 0.346 e. The van der Waals surface area contributed by atoms with Gasteiger partial charge in [-0.15, -0.1) is 0 Å². The van der Waals surface area contributed by atoms with Gasteiger partial charge in [0, 0.05) is 29.4 Å². The Morgan fingerprint density at radius 1 is 1.29 bits per heavy atom. The fraction of sp³-hybridized carbons (Fsp3) is 0.333. The zero-order valence-electron chi connectivity index (χ0n) is 11.4. The molecule has 0 spiro atoms. The minimum Gasteiger partial charge on any atom is -0.346 e. The Labute approximate surface area is 120 Å². The zero-order chi connectivity index (χ0) is 14.8. The monoisotopic (exact) mass is 291 g/mol. The number of carbonyl (C=O) groups excluding carboxylic acids is 1. The van der Waals surface area contributed by atoms with E-state index in [1.54, 1.807) is 0 Å². The Hall–Kier alpha value is -2.24. The topological polar surface area (TPSA) is 57.8 Å². The number of nitrogens with zero attached hydrogens (tertiary/aromatic N) is 1. The van der Waals surface area contributed by atoms with Crippen LogP contribution in [0.2, 0.25) is 0 Å². The van der Waals surface area contributed by atoms with Crippen molar-refractivity contribution in [2.75, 3.05) is 0 Å². The molecule has 110 valence electrons. The molecule has 3 rings (SSSR count). The van der Waals surface area contributed by atoms with E-state index in [2.05, 4.69) is 15.5 Å². The average Bonchev–Trinajstić information content (AvgIpc) is 2.90. The third-order valence-corrected chi connectivity index (χ3v) is 3.73. The Morgan fingerprint density at radius 2 is 2.10 bits per heavy atom. The van der Waals surface area contributed by atoms with Crippen molar-refractivity contribution in [1.29, 1.82) is 0 Å². The molecule has 0 radical (unpaired) electrons. The second-order valence-corrected chi connectivity index (χ2v) is 5.15. The molecule has 0 atom stereocenters. The number of hydrogen-bond acceptors (Lipinski definition) is 2. The number of carbonyl (C=O) groups is 1. The molecule has 1 aliphatic rings. The summed E-state index contributed by atoms with van der Waals surface area (Å²) >= 11 is 0. The van der Waals surface area contributed by atoms with Gasteiger partial charge >= 0.3 is 0 Å². The summed E-state index contributed by atoms with van der Waals surface area (Å²) in [4.78, 5) is 12.1. The number of aromatic nitrogens is 2. The minimum absolute atomic E-state index is 0.00653. The van der Waals surface area contributed by atoms with Gasteiger partial charge in [0.25, 0.3) is 5.91 Å². The molecule has 0 aliphatic heterocycles. The number of rotatable bonds is 3. The van der Waals surface area contributed by atoms with Crippen LogP contribution in [0.15, 0.2) is 18.2 Å². The van der Waals surface area contributed by atoms with Gasteiger partial charge in [-0.05, 0) is 31.7 Å². The number of halogens is 2. The van der Waals surface area contributed by atoms with E-state index in [1.807, 2.05) is 0 Å². The van der Waals surface area contributed by atoms with Gasteiger partial charge in [0.15, 0.2) is 5.69 Å². The van der Waals surface area contributed by atoms with E-state index in [0.29, 0.717) is 5.69 Å². The number of benzene rings is 1. The summed E-state index contributed by atoms with van der Waals surface area (Å²) in [6.45, 7) is 0.00653. The molecule has 1 amide bonds. The molecule has 0 bridgehead atoms. The summed E-state index contributed by atoms with van der Waals surface area (Å²) in [5.74, 6) is -1.64. The Kier molecular flexibility index (Phi) is 3.68. The van der Waals surface area contributed by atoms with E-state index in [4.69, 9.17) is 0 Å². The molecule has 1 heterocycles. The summed E-state index contributed by atoms with van der Waals surface area (Å²) < 4.78 is 26.3. The molecule has 1 aromatic heterocycles. The van der Waals surface area contributed by atoms with Crippen LogP contribution in [-0.2, 0) is 19.4 Å². The molecule has 2 N–H and O–H groups in total. The van der Waals surface area contributed by atoms with Crippen molar-refractivity contribution in [2.45, 2.75) is 32.2 Å². The second kappa shape index (κ2) is 5.63. The van der Waals surface area contributed by atoms with E-state index >= 15 is 0 Å². The first-order valence-electron chi connectivity index (χ1n) is 6.93. The van der Waals surface area contributed by atoms with E-state index < -0.39 is 11.6 Å². The highest BCUT2D eigenvalue weighted by atomic mass is 19.1. The molecule has 6 heteroatoms. The SMILES string of the molecule is O=C(NCc1ccc(F)cc1F)c1n[nH]c2c1CCCC2. The predicted octanol–water partition coefficient (Wildman–Crippen LogP) is 2.50. The second-order valence-electron chi connectivity index (χ2n) is 5.15. The molecular formula is C15H15F2N3O. The van der Waals surface area contributed by atoms with Gasteiger partial charge in [-0.2, -0.15) is 5.10 Å². The van der Waals surface area contributed by atoms with Crippen LogP contribution >= 0.6 is 0 Å². The first-order chi connectivity index (χ1) is 10.1. The van der Waals surface area contributed by atoms with Crippen LogP contribution in [0, 0.1) is 11.6 Å². The third-order valence-electron chi connectivity index (χ3n) is 3.73. The summed E-state index contributed by atoms with van der Waals surface area (Å²) in [6, 6.07) is 3.30. The van der Waals surface area contributed by atoms with Gasteiger partial charge in [-0.25, -0.2) is 8.78 Å². The van der Waals surface area contributed by atoms with Gasteiger partial charge in [-0.3, -0.25) is 9.89 Å². The van der Waals surface area contributed by atoms with E-state index in [9.17, 15) is 13.6 Å². The number of amides is 1. The van der Waals surface area contributed by atoms with Crippen LogP contribution in [0.4, 0.5) is 8.78 Å². The number of aryl methyl sites for hydroxylation is 1. The van der Waals surface area contributed by atoms with Crippen molar-refractivity contribution in [3.05, 3.63) is 52.3 Å². The molecular weight excluding hydrogens is 276 g/mol. The quantitative estimate of drug-likeness (QED) is 0.913. The summed E-state index contributed by atoms with van der Waals surface area (Å²) in [6.07, 6.45) is 3.87. The summed E-state index contributed by atoms with van der Waals surface area (Å²) in [7, 11) is 0. The van der Waals surface area contributed by atoms with Crippen LogP contribution in [0.25, 0.3) is 0 Å². The van der Waals surface area contributed by atoms with Gasteiger partial charge < -0.3 is 5.32 Å². The van der Waals surface area contributed by atoms with E-state index in [0.717, 1.165) is 43.0 Å². The van der Waals surface area contributed by atoms with Crippen molar-refractivity contribution in [3.63, 3.8) is 0 Å². The van der Waals surface area contributed by atoms with Crippen molar-refractivity contribution in [3.8, 4) is 0 Å². The Balaban J connectivity index is 1.71. The zero-order valence-corrected chi connectivity index (χ0v) is 11.4. The molecule has 2 aromatic rings. The van der Waals surface area contributed by atoms with Crippen molar-refractivity contribution >= 4 is 5.91 Å². The molecule has 4 nitrogen and oxygen atoms in total. The molecule has 0 unspecified atom stereocenters. The first-order valence-corrected chi connectivity index (χ1v) is 6.93. The summed E-state index contributed by atoms with van der Waals surface area (Å²) in [5, 5.41) is 9.57. The van der Waals surface area contributed by atoms with Gasteiger partial charge in [0.05, 0.1) is 0 Å². The standard InChI is InChI=1S/C15H15F2N3O/c16-10-6-5-9(12(17)7-10)8-18-15(21)14-11-3-1-2-4-13(11)19-20-14/h5-7H,1-4,8H2,(H,18,21)(H,19,20). The Bertz CT molecular complexity index is 682. The normalized spacial score (nSPS) is 13.8. The van der Waals surface area contributed by atoms with Crippen LogP contribution in [0.3, 0.4) is 0 Å². The van der Waals surface area contributed by atoms with Crippen LogP contribution in [-0.4, -0.2) is 16.1 Å².